The lowest BCUT2D eigenvalue weighted by molar-refractivity contribution is -0.870. The van der Waals surface area contributed by atoms with Crippen molar-refractivity contribution in [3.05, 3.63) is 85.1 Å². The second-order valence-electron chi connectivity index (χ2n) is 20.6. The number of aliphatic carboxylic acids is 1. The Morgan fingerprint density at radius 2 is 0.792 bits per heavy atom. The fraction of sp³-hybridized carbons (Fsp3) is 0.730. The number of esters is 2. The van der Waals surface area contributed by atoms with Gasteiger partial charge in [-0.1, -0.05) is 240 Å². The van der Waals surface area contributed by atoms with Crippen LogP contribution in [0.1, 0.15) is 239 Å². The summed E-state index contributed by atoms with van der Waals surface area (Å²) in [5.74, 6) is -2.00. The first kappa shape index (κ1) is 68.5. The monoisotopic (exact) mass is 1010 g/mol. The van der Waals surface area contributed by atoms with Crippen LogP contribution in [0.4, 0.5) is 0 Å². The van der Waals surface area contributed by atoms with Crippen LogP contribution in [0, 0.1) is 0 Å². The predicted octanol–water partition coefficient (Wildman–Crippen LogP) is 17.2. The van der Waals surface area contributed by atoms with Gasteiger partial charge in [0.2, 0.25) is 0 Å². The smallest absolute Gasteiger partial charge is 0.361 e. The third kappa shape index (κ3) is 54.2. The summed E-state index contributed by atoms with van der Waals surface area (Å²) < 4.78 is 22.8. The van der Waals surface area contributed by atoms with Crippen molar-refractivity contribution in [1.82, 2.24) is 0 Å². The summed E-state index contributed by atoms with van der Waals surface area (Å²) in [5, 5.41) is 9.68. The van der Waals surface area contributed by atoms with Gasteiger partial charge in [0.15, 0.2) is 6.10 Å². The molecule has 9 heteroatoms. The highest BCUT2D eigenvalue weighted by atomic mass is 16.7. The van der Waals surface area contributed by atoms with Gasteiger partial charge in [0, 0.05) is 12.8 Å². The Kier molecular flexibility index (Phi) is 51.1. The molecule has 0 amide bonds. The molecular formula is C63H110NO8+. The number of hydrogen-bond donors (Lipinski definition) is 1. The van der Waals surface area contributed by atoms with E-state index in [2.05, 4.69) is 98.9 Å². The molecule has 0 fully saturated rings. The Bertz CT molecular complexity index is 1450. The van der Waals surface area contributed by atoms with Gasteiger partial charge in [-0.25, -0.2) is 4.79 Å². The summed E-state index contributed by atoms with van der Waals surface area (Å²) in [4.78, 5) is 37.3. The van der Waals surface area contributed by atoms with Crippen LogP contribution in [-0.2, 0) is 33.3 Å². The maximum atomic E-state index is 12.9. The third-order valence-corrected chi connectivity index (χ3v) is 12.4. The molecule has 0 radical (unpaired) electrons. The first-order valence-electron chi connectivity index (χ1n) is 29.3. The van der Waals surface area contributed by atoms with Gasteiger partial charge in [0.1, 0.15) is 13.2 Å². The fourth-order valence-electron chi connectivity index (χ4n) is 7.94. The number of rotatable bonds is 53. The molecule has 0 heterocycles. The van der Waals surface area contributed by atoms with Gasteiger partial charge in [0.05, 0.1) is 34.4 Å². The van der Waals surface area contributed by atoms with Crippen molar-refractivity contribution in [2.24, 2.45) is 0 Å². The summed E-state index contributed by atoms with van der Waals surface area (Å²) in [6.45, 7) is 4.76. The Morgan fingerprint density at radius 1 is 0.431 bits per heavy atom. The minimum absolute atomic E-state index is 0.182. The Labute approximate surface area is 442 Å². The van der Waals surface area contributed by atoms with Crippen LogP contribution in [0.5, 0.6) is 0 Å². The second-order valence-corrected chi connectivity index (χ2v) is 20.6. The van der Waals surface area contributed by atoms with Gasteiger partial charge in [-0.15, -0.1) is 0 Å². The summed E-state index contributed by atoms with van der Waals surface area (Å²) in [5.41, 5.74) is 0. The molecule has 0 rings (SSSR count). The summed E-state index contributed by atoms with van der Waals surface area (Å²) in [6, 6.07) is 0. The van der Waals surface area contributed by atoms with E-state index in [1.165, 1.54) is 128 Å². The Morgan fingerprint density at radius 3 is 1.18 bits per heavy atom. The van der Waals surface area contributed by atoms with Gasteiger partial charge >= 0.3 is 17.9 Å². The zero-order chi connectivity index (χ0) is 52.7. The Balaban J connectivity index is 4.11. The minimum Gasteiger partial charge on any atom is -0.477 e. The van der Waals surface area contributed by atoms with Crippen molar-refractivity contribution in [3.8, 4) is 0 Å². The number of unbranched alkanes of at least 4 members (excludes halogenated alkanes) is 24. The maximum Gasteiger partial charge on any atom is 0.361 e. The lowest BCUT2D eigenvalue weighted by Crippen LogP contribution is -2.40. The Hall–Kier alpha value is -3.53. The number of allylic oxidation sites excluding steroid dienone is 14. The van der Waals surface area contributed by atoms with Gasteiger partial charge in [-0.3, -0.25) is 9.59 Å². The molecule has 2 atom stereocenters. The molecule has 0 aromatic rings. The number of carbonyl (C=O) groups excluding carboxylic acids is 2. The number of carboxylic acids is 1. The average Bonchev–Trinajstić information content (AvgIpc) is 3.35. The molecule has 0 aliphatic rings. The molecular weight excluding hydrogens is 899 g/mol. The lowest BCUT2D eigenvalue weighted by atomic mass is 10.0. The van der Waals surface area contributed by atoms with E-state index in [4.69, 9.17) is 18.9 Å². The van der Waals surface area contributed by atoms with E-state index >= 15 is 0 Å². The van der Waals surface area contributed by atoms with Crippen LogP contribution in [0.15, 0.2) is 85.1 Å². The van der Waals surface area contributed by atoms with E-state index in [1.807, 2.05) is 21.1 Å². The van der Waals surface area contributed by atoms with Crippen LogP contribution in [0.25, 0.3) is 0 Å². The van der Waals surface area contributed by atoms with Crippen LogP contribution in [0.2, 0.25) is 0 Å². The minimum atomic E-state index is -1.51. The zero-order valence-electron chi connectivity index (χ0n) is 47.1. The molecule has 0 aromatic heterocycles. The van der Waals surface area contributed by atoms with E-state index in [0.29, 0.717) is 17.4 Å². The first-order chi connectivity index (χ1) is 35.1. The number of carboxylic acid groups (broad SMARTS) is 1. The van der Waals surface area contributed by atoms with Crippen molar-refractivity contribution >= 4 is 17.9 Å². The molecule has 72 heavy (non-hydrogen) atoms. The molecule has 9 nitrogen and oxygen atoms in total. The molecule has 0 aromatic carbocycles. The molecule has 0 saturated carbocycles. The zero-order valence-corrected chi connectivity index (χ0v) is 47.1. The van der Waals surface area contributed by atoms with Crippen molar-refractivity contribution in [2.45, 2.75) is 251 Å². The number of hydrogen-bond acceptors (Lipinski definition) is 7. The van der Waals surface area contributed by atoms with E-state index in [-0.39, 0.29) is 32.2 Å². The molecule has 414 valence electrons. The molecule has 0 saturated heterocycles. The molecule has 0 bridgehead atoms. The molecule has 0 spiro atoms. The average molecular weight is 1010 g/mol. The lowest BCUT2D eigenvalue weighted by Gasteiger charge is -2.25. The van der Waals surface area contributed by atoms with Crippen molar-refractivity contribution < 1.29 is 42.9 Å². The fourth-order valence-corrected chi connectivity index (χ4v) is 7.94. The molecule has 2 unspecified atom stereocenters. The summed E-state index contributed by atoms with van der Waals surface area (Å²) in [7, 11) is 5.96. The summed E-state index contributed by atoms with van der Waals surface area (Å²) >= 11 is 0. The quantitative estimate of drug-likeness (QED) is 0.0211. The van der Waals surface area contributed by atoms with Gasteiger partial charge in [-0.2, -0.15) is 0 Å². The first-order valence-corrected chi connectivity index (χ1v) is 29.3. The van der Waals surface area contributed by atoms with Crippen molar-refractivity contribution in [1.29, 1.82) is 0 Å². The van der Waals surface area contributed by atoms with E-state index in [1.54, 1.807) is 0 Å². The van der Waals surface area contributed by atoms with E-state index < -0.39 is 24.3 Å². The van der Waals surface area contributed by atoms with Gasteiger partial charge < -0.3 is 28.5 Å². The summed E-state index contributed by atoms with van der Waals surface area (Å²) in [6.07, 6.45) is 68.1. The van der Waals surface area contributed by atoms with E-state index in [0.717, 1.165) is 83.5 Å². The SMILES string of the molecule is CC/C=C\C/C=C\C/C=C\C/C=C\C/C=C\C/C=C\C/C=C\CCCCCCCCCCCCCCCC(=O)OC(COC(=O)CCCCCCCCCCCCCC)COC(OCC[N+](C)(C)C)C(=O)O. The number of likely N-dealkylation sites (N-methyl/N-ethyl adjacent to an activating group) is 1. The second kappa shape index (κ2) is 53.8. The molecule has 0 aliphatic heterocycles. The molecule has 0 aliphatic carbocycles. The highest BCUT2D eigenvalue weighted by Crippen LogP contribution is 2.16. The topological polar surface area (TPSA) is 108 Å². The van der Waals surface area contributed by atoms with Gasteiger partial charge in [0.25, 0.3) is 6.29 Å². The highest BCUT2D eigenvalue weighted by molar-refractivity contribution is 5.71. The van der Waals surface area contributed by atoms with Crippen molar-refractivity contribution in [2.75, 3.05) is 47.5 Å². The highest BCUT2D eigenvalue weighted by Gasteiger charge is 2.25. The number of carbonyl (C=O) groups is 3. The van der Waals surface area contributed by atoms with Crippen LogP contribution in [-0.4, -0.2) is 87.4 Å². The largest absolute Gasteiger partial charge is 0.477 e. The maximum absolute atomic E-state index is 12.9. The predicted molar refractivity (Wildman–Crippen MR) is 304 cm³/mol. The standard InChI is InChI=1S/C63H109NO8/c1-6-8-10-12-14-16-18-20-21-22-23-24-25-26-27-28-29-30-31-32-33-34-35-36-37-38-39-40-41-42-44-46-48-50-52-54-61(66)72-59(58-71-63(62(67)68)69-56-55-64(3,4)5)57-70-60(65)53-51-49-47-45-43-19-17-15-13-11-9-7-2/h8,10,14,16,20-21,23-24,26-27,29-30,32-33,59,63H,6-7,9,11-13,15,17-19,22,25,28,31,34-58H2,1-5H3/p+1/b10-8-,16-14-,21-20-,24-23-,27-26-,30-29-,33-32-. The number of ether oxygens (including phenoxy) is 4. The van der Waals surface area contributed by atoms with Crippen LogP contribution in [0.3, 0.4) is 0 Å². The number of quaternary nitrogens is 1. The number of nitrogens with zero attached hydrogens (tertiary/aromatic N) is 1. The molecule has 1 N–H and O–H groups in total. The van der Waals surface area contributed by atoms with Crippen LogP contribution >= 0.6 is 0 Å². The van der Waals surface area contributed by atoms with Gasteiger partial charge in [-0.05, 0) is 70.6 Å². The van der Waals surface area contributed by atoms with Crippen LogP contribution < -0.4 is 0 Å². The van der Waals surface area contributed by atoms with Crippen molar-refractivity contribution in [3.63, 3.8) is 0 Å². The third-order valence-electron chi connectivity index (χ3n) is 12.4. The normalized spacial score (nSPS) is 13.4. The van der Waals surface area contributed by atoms with E-state index in [9.17, 15) is 19.5 Å².